The number of halogens is 1. The third kappa shape index (κ3) is 3.40. The molecule has 1 aliphatic rings. The average Bonchev–Trinajstić information content (AvgIpc) is 3.07. The van der Waals surface area contributed by atoms with Gasteiger partial charge in [-0.25, -0.2) is 9.18 Å². The Hall–Kier alpha value is -3.46. The molecule has 0 spiro atoms. The minimum atomic E-state index is -1.17. The Labute approximate surface area is 166 Å². The van der Waals surface area contributed by atoms with Crippen molar-refractivity contribution in [1.82, 2.24) is 9.88 Å². The van der Waals surface area contributed by atoms with Crippen LogP contribution in [0.4, 0.5) is 10.1 Å². The lowest BCUT2D eigenvalue weighted by Crippen LogP contribution is -2.39. The van der Waals surface area contributed by atoms with Crippen LogP contribution in [-0.4, -0.2) is 34.0 Å². The molecule has 8 nitrogen and oxygen atoms in total. The van der Waals surface area contributed by atoms with E-state index in [4.69, 9.17) is 5.73 Å². The molecule has 2 amide bonds. The van der Waals surface area contributed by atoms with Crippen molar-refractivity contribution in [2.75, 3.05) is 11.9 Å². The number of primary amides is 1. The number of likely N-dealkylation sites (N-methyl/N-ethyl adjacent to an activating group) is 1. The molecule has 1 unspecified atom stereocenters. The highest BCUT2D eigenvalue weighted by molar-refractivity contribution is 6.35. The van der Waals surface area contributed by atoms with Gasteiger partial charge in [0.2, 0.25) is 0 Å². The maximum Gasteiger partial charge on any atom is 0.337 e. The molecule has 0 bridgehead atoms. The van der Waals surface area contributed by atoms with E-state index in [0.29, 0.717) is 34.7 Å². The maximum absolute atomic E-state index is 13.7. The number of hydrogen-bond donors (Lipinski definition) is 4. The molecular formula is C20H21FN4O4. The van der Waals surface area contributed by atoms with E-state index in [2.05, 4.69) is 10.6 Å². The van der Waals surface area contributed by atoms with Crippen LogP contribution in [0.3, 0.4) is 0 Å². The number of carbonyl (C=O) groups is 3. The van der Waals surface area contributed by atoms with E-state index in [0.717, 1.165) is 0 Å². The number of nitrogens with zero attached hydrogens (tertiary/aromatic N) is 1. The summed E-state index contributed by atoms with van der Waals surface area (Å²) in [5.41, 5.74) is 7.53. The molecule has 0 aliphatic carbocycles. The molecule has 0 saturated carbocycles. The minimum Gasteiger partial charge on any atom is -0.478 e. The molecule has 0 fully saturated rings. The number of rotatable bonds is 6. The van der Waals surface area contributed by atoms with E-state index in [9.17, 15) is 23.9 Å². The van der Waals surface area contributed by atoms with Gasteiger partial charge in [-0.1, -0.05) is 6.92 Å². The Morgan fingerprint density at radius 1 is 1.38 bits per heavy atom. The van der Waals surface area contributed by atoms with Gasteiger partial charge in [0.25, 0.3) is 11.8 Å². The second kappa shape index (κ2) is 7.51. The third-order valence-corrected chi connectivity index (χ3v) is 4.93. The monoisotopic (exact) mass is 400 g/mol. The zero-order valence-corrected chi connectivity index (χ0v) is 16.2. The summed E-state index contributed by atoms with van der Waals surface area (Å²) >= 11 is 0. The fourth-order valence-corrected chi connectivity index (χ4v) is 3.66. The maximum atomic E-state index is 13.7. The van der Waals surface area contributed by atoms with Crippen molar-refractivity contribution >= 4 is 35.1 Å². The van der Waals surface area contributed by atoms with Crippen LogP contribution in [-0.2, 0) is 9.59 Å². The van der Waals surface area contributed by atoms with Gasteiger partial charge in [0.15, 0.2) is 6.17 Å². The van der Waals surface area contributed by atoms with Crippen LogP contribution in [0.5, 0.6) is 0 Å². The molecule has 2 aromatic rings. The van der Waals surface area contributed by atoms with Crippen LogP contribution in [0.25, 0.3) is 11.6 Å². The second-order valence-corrected chi connectivity index (χ2v) is 6.71. The van der Waals surface area contributed by atoms with Gasteiger partial charge in [-0.3, -0.25) is 14.9 Å². The number of benzene rings is 1. The number of fused-ring (bicyclic) bond motifs is 1. The minimum absolute atomic E-state index is 0.0128. The van der Waals surface area contributed by atoms with Crippen molar-refractivity contribution < 1.29 is 23.9 Å². The average molecular weight is 400 g/mol. The molecule has 1 aromatic carbocycles. The summed E-state index contributed by atoms with van der Waals surface area (Å²) in [5.74, 6) is -2.83. The number of aromatic carboxylic acids is 1. The molecule has 0 radical (unpaired) electrons. The Balaban J connectivity index is 2.30. The molecule has 1 atom stereocenters. The van der Waals surface area contributed by atoms with Gasteiger partial charge in [0, 0.05) is 22.6 Å². The Bertz CT molecular complexity index is 1070. The SMILES string of the molecule is CCNC(C(N)=O)n1c(C)c(C(=O)O)c(C)c1C=C1C(=O)Nc2ccc(F)cc21. The van der Waals surface area contributed by atoms with Crippen LogP contribution < -0.4 is 16.4 Å². The summed E-state index contributed by atoms with van der Waals surface area (Å²) in [5, 5.41) is 15.2. The number of carbonyl (C=O) groups excluding carboxylic acids is 2. The van der Waals surface area contributed by atoms with Crippen molar-refractivity contribution in [3.05, 3.63) is 52.1 Å². The number of carboxylic acid groups (broad SMARTS) is 1. The molecule has 1 aromatic heterocycles. The van der Waals surface area contributed by atoms with Gasteiger partial charge in [-0.2, -0.15) is 0 Å². The summed E-state index contributed by atoms with van der Waals surface area (Å²) in [7, 11) is 0. The van der Waals surface area contributed by atoms with Crippen LogP contribution in [0.1, 0.15) is 46.0 Å². The van der Waals surface area contributed by atoms with Crippen molar-refractivity contribution in [3.63, 3.8) is 0 Å². The van der Waals surface area contributed by atoms with E-state index in [-0.39, 0.29) is 11.1 Å². The van der Waals surface area contributed by atoms with Gasteiger partial charge in [-0.05, 0) is 50.2 Å². The molecular weight excluding hydrogens is 379 g/mol. The van der Waals surface area contributed by atoms with Gasteiger partial charge < -0.3 is 20.7 Å². The smallest absolute Gasteiger partial charge is 0.337 e. The third-order valence-electron chi connectivity index (χ3n) is 4.93. The van der Waals surface area contributed by atoms with Crippen molar-refractivity contribution in [1.29, 1.82) is 0 Å². The van der Waals surface area contributed by atoms with Gasteiger partial charge >= 0.3 is 5.97 Å². The standard InChI is InChI=1S/C20H21FN4O4/c1-4-23-18(17(22)26)25-10(3)16(20(28)29)9(2)15(25)8-13-12-7-11(21)5-6-14(12)24-19(13)27/h5-8,18,23H,4H2,1-3H3,(H2,22,26)(H,24,27)(H,28,29). The lowest BCUT2D eigenvalue weighted by Gasteiger charge is -2.21. The second-order valence-electron chi connectivity index (χ2n) is 6.71. The summed E-state index contributed by atoms with van der Waals surface area (Å²) in [6.45, 7) is 5.33. The van der Waals surface area contributed by atoms with Crippen molar-refractivity contribution in [2.45, 2.75) is 26.9 Å². The van der Waals surface area contributed by atoms with Crippen molar-refractivity contribution in [2.24, 2.45) is 5.73 Å². The predicted molar refractivity (Wildman–Crippen MR) is 106 cm³/mol. The molecule has 29 heavy (non-hydrogen) atoms. The summed E-state index contributed by atoms with van der Waals surface area (Å²) in [6.07, 6.45) is 0.443. The number of anilines is 1. The highest BCUT2D eigenvalue weighted by Gasteiger charge is 2.30. The molecule has 0 saturated heterocycles. The number of carboxylic acids is 1. The van der Waals surface area contributed by atoms with Crippen LogP contribution in [0, 0.1) is 19.7 Å². The Morgan fingerprint density at radius 2 is 2.07 bits per heavy atom. The van der Waals surface area contributed by atoms with Crippen LogP contribution in [0.15, 0.2) is 18.2 Å². The first-order chi connectivity index (χ1) is 13.7. The van der Waals surface area contributed by atoms with Crippen LogP contribution >= 0.6 is 0 Å². The summed E-state index contributed by atoms with van der Waals surface area (Å²) in [4.78, 5) is 36.4. The number of hydrogen-bond acceptors (Lipinski definition) is 4. The lowest BCUT2D eigenvalue weighted by molar-refractivity contribution is -0.122. The van der Waals surface area contributed by atoms with E-state index >= 15 is 0 Å². The molecule has 9 heteroatoms. The first-order valence-electron chi connectivity index (χ1n) is 8.97. The summed E-state index contributed by atoms with van der Waals surface area (Å²) in [6, 6.07) is 3.91. The van der Waals surface area contributed by atoms with E-state index in [1.54, 1.807) is 20.8 Å². The zero-order valence-electron chi connectivity index (χ0n) is 16.2. The molecule has 152 valence electrons. The normalized spacial score (nSPS) is 15.3. The van der Waals surface area contributed by atoms with E-state index in [1.807, 2.05) is 0 Å². The number of aromatic nitrogens is 1. The fraction of sp³-hybridized carbons (Fsp3) is 0.250. The van der Waals surface area contributed by atoms with Gasteiger partial charge in [0.1, 0.15) is 5.82 Å². The fourth-order valence-electron chi connectivity index (χ4n) is 3.66. The molecule has 3 rings (SSSR count). The van der Waals surface area contributed by atoms with E-state index < -0.39 is 29.8 Å². The first kappa shape index (κ1) is 20.3. The van der Waals surface area contributed by atoms with Crippen molar-refractivity contribution in [3.8, 4) is 0 Å². The van der Waals surface area contributed by atoms with E-state index in [1.165, 1.54) is 28.8 Å². The van der Waals surface area contributed by atoms with Crippen LogP contribution in [0.2, 0.25) is 0 Å². The lowest BCUT2D eigenvalue weighted by atomic mass is 10.0. The quantitative estimate of drug-likeness (QED) is 0.552. The number of nitrogens with two attached hydrogens (primary N) is 1. The highest BCUT2D eigenvalue weighted by atomic mass is 19.1. The molecule has 1 aliphatic heterocycles. The highest BCUT2D eigenvalue weighted by Crippen LogP contribution is 2.36. The number of nitrogens with one attached hydrogen (secondary N) is 2. The topological polar surface area (TPSA) is 126 Å². The molecule has 5 N–H and O–H groups in total. The largest absolute Gasteiger partial charge is 0.478 e. The van der Waals surface area contributed by atoms with Gasteiger partial charge in [-0.15, -0.1) is 0 Å². The number of amides is 2. The Kier molecular flexibility index (Phi) is 5.25. The zero-order chi connectivity index (χ0) is 21.5. The van der Waals surface area contributed by atoms with Gasteiger partial charge in [0.05, 0.1) is 11.1 Å². The molecule has 2 heterocycles. The summed E-state index contributed by atoms with van der Waals surface area (Å²) < 4.78 is 15.2. The first-order valence-corrected chi connectivity index (χ1v) is 8.97. The Morgan fingerprint density at radius 3 is 2.66 bits per heavy atom. The predicted octanol–water partition coefficient (Wildman–Crippen LogP) is 2.03.